The first-order valence-corrected chi connectivity index (χ1v) is 10.1. The van der Waals surface area contributed by atoms with Gasteiger partial charge in [-0.15, -0.1) is 0 Å². The molecule has 2 aliphatic rings. The molecule has 5 rings (SSSR count). The molecule has 1 aliphatic heterocycles. The van der Waals surface area contributed by atoms with E-state index in [0.29, 0.717) is 5.56 Å². The van der Waals surface area contributed by atoms with Crippen molar-refractivity contribution in [3.8, 4) is 17.2 Å². The Morgan fingerprint density at radius 3 is 2.48 bits per heavy atom. The highest BCUT2D eigenvalue weighted by molar-refractivity contribution is 5.82. The molecule has 4 nitrogen and oxygen atoms in total. The Labute approximate surface area is 160 Å². The van der Waals surface area contributed by atoms with Crippen molar-refractivity contribution < 1.29 is 0 Å². The van der Waals surface area contributed by atoms with Gasteiger partial charge in [-0.2, -0.15) is 5.26 Å². The van der Waals surface area contributed by atoms with Crippen LogP contribution >= 0.6 is 0 Å². The zero-order valence-electron chi connectivity index (χ0n) is 15.6. The topological polar surface area (TPSA) is 44.9 Å². The van der Waals surface area contributed by atoms with E-state index in [1.165, 1.54) is 43.6 Å². The van der Waals surface area contributed by atoms with Gasteiger partial charge in [-0.05, 0) is 54.7 Å². The Hall–Kier alpha value is -2.64. The Kier molecular flexibility index (Phi) is 4.18. The van der Waals surface area contributed by atoms with Crippen LogP contribution in [0.1, 0.15) is 37.1 Å². The summed E-state index contributed by atoms with van der Waals surface area (Å²) in [6, 6.07) is 17.4. The van der Waals surface area contributed by atoms with Crippen LogP contribution in [0, 0.1) is 11.3 Å². The standard InChI is InChI=1S/C23H24N4/c24-16-17-5-7-18(8-6-17)19-9-10-22-21(15-19)25-23-11-14-26(20-3-1-4-20)12-2-13-27(22)23/h5-10,15,20H,1-4,11-14H2. The number of rotatable bonds is 2. The number of nitrogens with zero attached hydrogens (tertiary/aromatic N) is 4. The minimum absolute atomic E-state index is 0.695. The van der Waals surface area contributed by atoms with Gasteiger partial charge < -0.3 is 4.57 Å². The van der Waals surface area contributed by atoms with Crippen LogP contribution in [0.2, 0.25) is 0 Å². The van der Waals surface area contributed by atoms with Gasteiger partial charge in [0.2, 0.25) is 0 Å². The summed E-state index contributed by atoms with van der Waals surface area (Å²) in [5, 5.41) is 8.99. The van der Waals surface area contributed by atoms with Crippen molar-refractivity contribution >= 4 is 11.0 Å². The molecular formula is C23H24N4. The monoisotopic (exact) mass is 356 g/mol. The van der Waals surface area contributed by atoms with E-state index in [1.807, 2.05) is 24.3 Å². The van der Waals surface area contributed by atoms with Crippen molar-refractivity contribution in [3.05, 3.63) is 53.9 Å². The summed E-state index contributed by atoms with van der Waals surface area (Å²) in [4.78, 5) is 7.69. The van der Waals surface area contributed by atoms with E-state index in [1.54, 1.807) is 0 Å². The van der Waals surface area contributed by atoms with Gasteiger partial charge in [-0.25, -0.2) is 4.98 Å². The average molecular weight is 356 g/mol. The number of fused-ring (bicyclic) bond motifs is 3. The highest BCUT2D eigenvalue weighted by atomic mass is 15.2. The van der Waals surface area contributed by atoms with Gasteiger partial charge in [0.15, 0.2) is 0 Å². The number of hydrogen-bond acceptors (Lipinski definition) is 3. The van der Waals surface area contributed by atoms with Crippen LogP contribution in [0.25, 0.3) is 22.2 Å². The second-order valence-corrected chi connectivity index (χ2v) is 7.80. The van der Waals surface area contributed by atoms with Gasteiger partial charge in [0.25, 0.3) is 0 Å². The fourth-order valence-electron chi connectivity index (χ4n) is 4.44. The summed E-state index contributed by atoms with van der Waals surface area (Å²) < 4.78 is 2.43. The molecule has 2 heterocycles. The second-order valence-electron chi connectivity index (χ2n) is 7.80. The van der Waals surface area contributed by atoms with E-state index in [0.717, 1.165) is 42.2 Å². The van der Waals surface area contributed by atoms with Gasteiger partial charge in [-0.3, -0.25) is 4.90 Å². The number of aromatic nitrogens is 2. The lowest BCUT2D eigenvalue weighted by Gasteiger charge is -2.38. The number of nitriles is 1. The quantitative estimate of drug-likeness (QED) is 0.685. The highest BCUT2D eigenvalue weighted by Gasteiger charge is 2.26. The normalized spacial score (nSPS) is 18.3. The van der Waals surface area contributed by atoms with E-state index in [2.05, 4.69) is 33.7 Å². The SMILES string of the molecule is N#Cc1ccc(-c2ccc3c(c2)nc2n3CCCN(C3CCC3)CC2)cc1. The first kappa shape index (κ1) is 16.5. The molecule has 1 saturated carbocycles. The van der Waals surface area contributed by atoms with Gasteiger partial charge >= 0.3 is 0 Å². The molecule has 1 aliphatic carbocycles. The lowest BCUT2D eigenvalue weighted by Crippen LogP contribution is -2.43. The lowest BCUT2D eigenvalue weighted by molar-refractivity contribution is 0.120. The largest absolute Gasteiger partial charge is 0.328 e. The van der Waals surface area contributed by atoms with Crippen LogP contribution in [0.4, 0.5) is 0 Å². The van der Waals surface area contributed by atoms with Crippen molar-refractivity contribution in [2.45, 2.75) is 44.7 Å². The summed E-state index contributed by atoms with van der Waals surface area (Å²) in [5.41, 5.74) is 5.32. The predicted octanol–water partition coefficient (Wildman–Crippen LogP) is 4.38. The molecule has 0 saturated heterocycles. The molecule has 0 N–H and O–H groups in total. The number of hydrogen-bond donors (Lipinski definition) is 0. The Bertz CT molecular complexity index is 1010. The maximum Gasteiger partial charge on any atom is 0.111 e. The molecule has 0 amide bonds. The van der Waals surface area contributed by atoms with Crippen molar-refractivity contribution in [1.82, 2.24) is 14.5 Å². The third-order valence-corrected chi connectivity index (χ3v) is 6.22. The zero-order valence-corrected chi connectivity index (χ0v) is 15.6. The Balaban J connectivity index is 1.45. The lowest BCUT2D eigenvalue weighted by atomic mass is 9.91. The molecule has 0 radical (unpaired) electrons. The molecule has 4 heteroatoms. The third kappa shape index (κ3) is 3.02. The molecule has 0 atom stereocenters. The molecule has 1 fully saturated rings. The van der Waals surface area contributed by atoms with Crippen LogP contribution in [-0.4, -0.2) is 33.6 Å². The molecule has 0 unspecified atom stereocenters. The van der Waals surface area contributed by atoms with E-state index in [4.69, 9.17) is 10.2 Å². The molecule has 0 bridgehead atoms. The Morgan fingerprint density at radius 1 is 0.926 bits per heavy atom. The summed E-state index contributed by atoms with van der Waals surface area (Å²) in [6.45, 7) is 3.41. The number of imidazole rings is 1. The molecule has 136 valence electrons. The average Bonchev–Trinajstić information content (AvgIpc) is 2.98. The zero-order chi connectivity index (χ0) is 18.2. The number of benzene rings is 2. The van der Waals surface area contributed by atoms with Gasteiger partial charge in [0.05, 0.1) is 22.7 Å². The van der Waals surface area contributed by atoms with Crippen LogP contribution in [0.3, 0.4) is 0 Å². The van der Waals surface area contributed by atoms with Gasteiger partial charge in [-0.1, -0.05) is 24.6 Å². The fraction of sp³-hybridized carbons (Fsp3) is 0.391. The van der Waals surface area contributed by atoms with Crippen molar-refractivity contribution in [2.75, 3.05) is 13.1 Å². The summed E-state index contributed by atoms with van der Waals surface area (Å²) in [7, 11) is 0. The molecule has 1 aromatic heterocycles. The minimum Gasteiger partial charge on any atom is -0.328 e. The smallest absolute Gasteiger partial charge is 0.111 e. The second kappa shape index (κ2) is 6.83. The maximum absolute atomic E-state index is 8.99. The third-order valence-electron chi connectivity index (χ3n) is 6.22. The Morgan fingerprint density at radius 2 is 1.74 bits per heavy atom. The van der Waals surface area contributed by atoms with Crippen molar-refractivity contribution in [3.63, 3.8) is 0 Å². The first-order valence-electron chi connectivity index (χ1n) is 10.1. The van der Waals surface area contributed by atoms with E-state index in [9.17, 15) is 0 Å². The van der Waals surface area contributed by atoms with Crippen LogP contribution in [0.15, 0.2) is 42.5 Å². The van der Waals surface area contributed by atoms with E-state index >= 15 is 0 Å². The van der Waals surface area contributed by atoms with Crippen molar-refractivity contribution in [2.24, 2.45) is 0 Å². The predicted molar refractivity (Wildman–Crippen MR) is 107 cm³/mol. The van der Waals surface area contributed by atoms with Crippen molar-refractivity contribution in [1.29, 1.82) is 5.26 Å². The maximum atomic E-state index is 8.99. The summed E-state index contributed by atoms with van der Waals surface area (Å²) >= 11 is 0. The molecule has 2 aromatic carbocycles. The van der Waals surface area contributed by atoms with E-state index in [-0.39, 0.29) is 0 Å². The van der Waals surface area contributed by atoms with Crippen LogP contribution in [-0.2, 0) is 13.0 Å². The molecular weight excluding hydrogens is 332 g/mol. The van der Waals surface area contributed by atoms with E-state index < -0.39 is 0 Å². The minimum atomic E-state index is 0.695. The summed E-state index contributed by atoms with van der Waals surface area (Å²) in [6.07, 6.45) is 6.40. The first-order chi connectivity index (χ1) is 13.3. The summed E-state index contributed by atoms with van der Waals surface area (Å²) in [5.74, 6) is 1.23. The molecule has 0 spiro atoms. The molecule has 27 heavy (non-hydrogen) atoms. The van der Waals surface area contributed by atoms with Gasteiger partial charge in [0, 0.05) is 32.1 Å². The highest BCUT2D eigenvalue weighted by Crippen LogP contribution is 2.29. The van der Waals surface area contributed by atoms with Crippen LogP contribution < -0.4 is 0 Å². The number of aryl methyl sites for hydroxylation is 1. The van der Waals surface area contributed by atoms with Gasteiger partial charge in [0.1, 0.15) is 5.82 Å². The molecule has 3 aromatic rings. The fourth-order valence-corrected chi connectivity index (χ4v) is 4.44. The van der Waals surface area contributed by atoms with Crippen LogP contribution in [0.5, 0.6) is 0 Å².